The average Bonchev–Trinajstić information content (AvgIpc) is 2.71. The summed E-state index contributed by atoms with van der Waals surface area (Å²) in [6.45, 7) is 4.70. The van der Waals surface area contributed by atoms with Crippen molar-refractivity contribution in [1.82, 2.24) is 0 Å². The van der Waals surface area contributed by atoms with Crippen LogP contribution in [-0.2, 0) is 9.53 Å². The van der Waals surface area contributed by atoms with Crippen molar-refractivity contribution >= 4 is 11.9 Å². The van der Waals surface area contributed by atoms with Gasteiger partial charge in [0.2, 0.25) is 5.90 Å². The standard InChI is InChI=1S/C22H31NO4/c1-2-21(23)26-17-9-4-3-8-16-25-19-12-14-20(15-13-19)27-22(24)18-10-6-5-7-11-18/h2,12-15,18,23H,1,3-11,16-17H2. The highest BCUT2D eigenvalue weighted by Gasteiger charge is 2.22. The lowest BCUT2D eigenvalue weighted by molar-refractivity contribution is -0.139. The first-order chi connectivity index (χ1) is 13.2. The number of ether oxygens (including phenoxy) is 3. The predicted octanol–water partition coefficient (Wildman–Crippen LogP) is 5.29. The van der Waals surface area contributed by atoms with Gasteiger partial charge in [-0.15, -0.1) is 0 Å². The molecule has 1 aliphatic rings. The van der Waals surface area contributed by atoms with Crippen molar-refractivity contribution in [2.45, 2.75) is 57.8 Å². The number of carbonyl (C=O) groups is 1. The van der Waals surface area contributed by atoms with Crippen molar-refractivity contribution in [1.29, 1.82) is 5.41 Å². The van der Waals surface area contributed by atoms with Crippen molar-refractivity contribution < 1.29 is 19.0 Å². The minimum absolute atomic E-state index is 0.0578. The van der Waals surface area contributed by atoms with Gasteiger partial charge in [-0.2, -0.15) is 0 Å². The number of carbonyl (C=O) groups excluding carboxylic acids is 1. The van der Waals surface area contributed by atoms with Crippen LogP contribution < -0.4 is 9.47 Å². The average molecular weight is 373 g/mol. The molecule has 1 fully saturated rings. The molecule has 27 heavy (non-hydrogen) atoms. The van der Waals surface area contributed by atoms with Crippen LogP contribution in [0.4, 0.5) is 0 Å². The Morgan fingerprint density at radius 1 is 1.00 bits per heavy atom. The van der Waals surface area contributed by atoms with Crippen LogP contribution in [0, 0.1) is 11.3 Å². The molecular formula is C22H31NO4. The third-order valence-electron chi connectivity index (χ3n) is 4.73. The number of esters is 1. The Hall–Kier alpha value is -2.30. The highest BCUT2D eigenvalue weighted by molar-refractivity contribution is 5.83. The van der Waals surface area contributed by atoms with Crippen LogP contribution in [0.15, 0.2) is 36.9 Å². The summed E-state index contributed by atoms with van der Waals surface area (Å²) >= 11 is 0. The zero-order chi connectivity index (χ0) is 19.3. The molecule has 0 heterocycles. The highest BCUT2D eigenvalue weighted by atomic mass is 16.5. The second-order valence-electron chi connectivity index (χ2n) is 6.91. The minimum Gasteiger partial charge on any atom is -0.494 e. The van der Waals surface area contributed by atoms with Gasteiger partial charge in [0, 0.05) is 0 Å². The molecule has 5 heteroatoms. The quantitative estimate of drug-likeness (QED) is 0.188. The fraction of sp³-hybridized carbons (Fsp3) is 0.545. The van der Waals surface area contributed by atoms with Gasteiger partial charge in [-0.1, -0.05) is 25.8 Å². The maximum atomic E-state index is 12.1. The maximum absolute atomic E-state index is 12.1. The number of benzene rings is 1. The van der Waals surface area contributed by atoms with Crippen molar-refractivity contribution in [2.24, 2.45) is 5.92 Å². The van der Waals surface area contributed by atoms with Gasteiger partial charge in [-0.05, 0) is 68.9 Å². The lowest BCUT2D eigenvalue weighted by atomic mass is 9.89. The first kappa shape index (κ1) is 21.0. The van der Waals surface area contributed by atoms with Crippen LogP contribution in [0.3, 0.4) is 0 Å². The van der Waals surface area contributed by atoms with E-state index in [1.807, 2.05) is 12.1 Å². The molecule has 1 aromatic rings. The maximum Gasteiger partial charge on any atom is 0.314 e. The van der Waals surface area contributed by atoms with Crippen LogP contribution in [0.5, 0.6) is 11.5 Å². The summed E-state index contributed by atoms with van der Waals surface area (Å²) in [6.07, 6.45) is 10.8. The molecule has 0 amide bonds. The number of nitrogens with one attached hydrogen (secondary N) is 1. The highest BCUT2D eigenvalue weighted by Crippen LogP contribution is 2.26. The molecule has 0 radical (unpaired) electrons. The smallest absolute Gasteiger partial charge is 0.314 e. The Balaban J connectivity index is 1.56. The zero-order valence-corrected chi connectivity index (χ0v) is 16.1. The van der Waals surface area contributed by atoms with Crippen molar-refractivity contribution in [3.8, 4) is 11.5 Å². The molecule has 1 saturated carbocycles. The second kappa shape index (κ2) is 12.2. The van der Waals surface area contributed by atoms with E-state index < -0.39 is 0 Å². The van der Waals surface area contributed by atoms with Crippen molar-refractivity contribution in [3.05, 3.63) is 36.9 Å². The van der Waals surface area contributed by atoms with Crippen LogP contribution in [-0.4, -0.2) is 25.1 Å². The van der Waals surface area contributed by atoms with Crippen LogP contribution in [0.2, 0.25) is 0 Å². The summed E-state index contributed by atoms with van der Waals surface area (Å²) in [5.41, 5.74) is 0. The van der Waals surface area contributed by atoms with E-state index in [1.165, 1.54) is 12.5 Å². The van der Waals surface area contributed by atoms with Gasteiger partial charge >= 0.3 is 5.97 Å². The molecule has 0 aromatic heterocycles. The molecule has 1 aromatic carbocycles. The van der Waals surface area contributed by atoms with Gasteiger partial charge in [0.1, 0.15) is 11.5 Å². The van der Waals surface area contributed by atoms with Crippen LogP contribution in [0.1, 0.15) is 57.8 Å². The fourth-order valence-electron chi connectivity index (χ4n) is 3.13. The summed E-state index contributed by atoms with van der Waals surface area (Å²) in [5, 5.41) is 7.30. The van der Waals surface area contributed by atoms with Gasteiger partial charge in [0.25, 0.3) is 0 Å². The number of rotatable bonds is 11. The molecule has 0 bridgehead atoms. The Bertz CT molecular complexity index is 591. The van der Waals surface area contributed by atoms with E-state index >= 15 is 0 Å². The zero-order valence-electron chi connectivity index (χ0n) is 16.1. The molecule has 148 valence electrons. The van der Waals surface area contributed by atoms with Gasteiger partial charge in [0.15, 0.2) is 0 Å². The topological polar surface area (TPSA) is 68.6 Å². The number of unbranched alkanes of at least 4 members (excludes halogenated alkanes) is 3. The summed E-state index contributed by atoms with van der Waals surface area (Å²) in [4.78, 5) is 12.1. The number of hydrogen-bond acceptors (Lipinski definition) is 5. The Kier molecular flexibility index (Phi) is 9.45. The molecule has 2 rings (SSSR count). The van der Waals surface area contributed by atoms with E-state index in [0.717, 1.165) is 57.1 Å². The Morgan fingerprint density at radius 3 is 2.30 bits per heavy atom. The molecule has 1 aliphatic carbocycles. The van der Waals surface area contributed by atoms with Crippen molar-refractivity contribution in [3.63, 3.8) is 0 Å². The third kappa shape index (κ3) is 8.29. The summed E-state index contributed by atoms with van der Waals surface area (Å²) in [7, 11) is 0. The monoisotopic (exact) mass is 373 g/mol. The Morgan fingerprint density at radius 2 is 1.63 bits per heavy atom. The van der Waals surface area contributed by atoms with Gasteiger partial charge in [-0.3, -0.25) is 10.2 Å². The normalized spacial score (nSPS) is 14.4. The fourth-order valence-corrected chi connectivity index (χ4v) is 3.13. The first-order valence-corrected chi connectivity index (χ1v) is 9.97. The first-order valence-electron chi connectivity index (χ1n) is 9.97. The van der Waals surface area contributed by atoms with Crippen LogP contribution in [0.25, 0.3) is 0 Å². The van der Waals surface area contributed by atoms with E-state index in [-0.39, 0.29) is 17.8 Å². The lowest BCUT2D eigenvalue weighted by Crippen LogP contribution is -2.22. The summed E-state index contributed by atoms with van der Waals surface area (Å²) in [5.74, 6) is 1.46. The molecule has 0 atom stereocenters. The van der Waals surface area contributed by atoms with E-state index in [2.05, 4.69) is 6.58 Å². The number of hydrogen-bond donors (Lipinski definition) is 1. The van der Waals surface area contributed by atoms with E-state index in [1.54, 1.807) is 12.1 Å². The van der Waals surface area contributed by atoms with Crippen LogP contribution >= 0.6 is 0 Å². The summed E-state index contributed by atoms with van der Waals surface area (Å²) < 4.78 is 16.4. The molecule has 1 N–H and O–H groups in total. The van der Waals surface area contributed by atoms with Gasteiger partial charge in [0.05, 0.1) is 19.1 Å². The van der Waals surface area contributed by atoms with E-state index in [9.17, 15) is 4.79 Å². The van der Waals surface area contributed by atoms with Gasteiger partial charge < -0.3 is 14.2 Å². The largest absolute Gasteiger partial charge is 0.494 e. The van der Waals surface area contributed by atoms with E-state index in [0.29, 0.717) is 19.0 Å². The molecule has 0 aliphatic heterocycles. The summed E-state index contributed by atoms with van der Waals surface area (Å²) in [6, 6.07) is 7.28. The minimum atomic E-state index is -0.101. The lowest BCUT2D eigenvalue weighted by Gasteiger charge is -2.19. The van der Waals surface area contributed by atoms with Crippen molar-refractivity contribution in [2.75, 3.05) is 13.2 Å². The predicted molar refractivity (Wildman–Crippen MR) is 106 cm³/mol. The molecule has 5 nitrogen and oxygen atoms in total. The van der Waals surface area contributed by atoms with Gasteiger partial charge in [-0.25, -0.2) is 0 Å². The molecule has 0 saturated heterocycles. The second-order valence-corrected chi connectivity index (χ2v) is 6.91. The SMILES string of the molecule is C=CC(=N)OCCCCCCOc1ccc(OC(=O)C2CCCCC2)cc1. The Labute approximate surface area is 162 Å². The van der Waals surface area contributed by atoms with E-state index in [4.69, 9.17) is 19.6 Å². The molecule has 0 spiro atoms. The molecule has 0 unspecified atom stereocenters. The third-order valence-corrected chi connectivity index (χ3v) is 4.73. The molecular weight excluding hydrogens is 342 g/mol.